The molecule has 0 amide bonds. The molecule has 0 saturated carbocycles. The van der Waals surface area contributed by atoms with E-state index < -0.39 is 0 Å². The van der Waals surface area contributed by atoms with Crippen molar-refractivity contribution >= 4 is 0 Å². The standard InChI is InChI=1S/C18H23NO/c1-12(2)20-17-8-6-5-7-16(17)18(19)15-10-13(3)9-14(4)11-15/h5-12,18H,19H2,1-4H3. The van der Waals surface area contributed by atoms with Gasteiger partial charge in [0.25, 0.3) is 0 Å². The fraction of sp³-hybridized carbons (Fsp3) is 0.333. The van der Waals surface area contributed by atoms with Gasteiger partial charge in [-0.05, 0) is 39.3 Å². The topological polar surface area (TPSA) is 35.2 Å². The number of rotatable bonds is 4. The van der Waals surface area contributed by atoms with Crippen molar-refractivity contribution < 1.29 is 4.74 Å². The maximum absolute atomic E-state index is 6.45. The molecular weight excluding hydrogens is 246 g/mol. The summed E-state index contributed by atoms with van der Waals surface area (Å²) in [5.41, 5.74) is 11.1. The minimum Gasteiger partial charge on any atom is -0.491 e. The second-order valence-electron chi connectivity index (χ2n) is 5.60. The van der Waals surface area contributed by atoms with Gasteiger partial charge in [0.05, 0.1) is 12.1 Å². The van der Waals surface area contributed by atoms with E-state index in [0.29, 0.717) is 0 Å². The number of para-hydroxylation sites is 1. The highest BCUT2D eigenvalue weighted by molar-refractivity contribution is 5.43. The van der Waals surface area contributed by atoms with Gasteiger partial charge in [-0.1, -0.05) is 47.5 Å². The molecule has 0 spiro atoms. The summed E-state index contributed by atoms with van der Waals surface area (Å²) >= 11 is 0. The van der Waals surface area contributed by atoms with Gasteiger partial charge in [-0.2, -0.15) is 0 Å². The van der Waals surface area contributed by atoms with Crippen LogP contribution in [0.1, 0.15) is 42.1 Å². The zero-order valence-electron chi connectivity index (χ0n) is 12.7. The lowest BCUT2D eigenvalue weighted by Gasteiger charge is -2.19. The van der Waals surface area contributed by atoms with E-state index in [9.17, 15) is 0 Å². The van der Waals surface area contributed by atoms with Crippen molar-refractivity contribution in [1.82, 2.24) is 0 Å². The Morgan fingerprint density at radius 2 is 1.55 bits per heavy atom. The van der Waals surface area contributed by atoms with Crippen molar-refractivity contribution in [2.24, 2.45) is 5.73 Å². The highest BCUT2D eigenvalue weighted by Gasteiger charge is 2.15. The molecule has 2 rings (SSSR count). The van der Waals surface area contributed by atoms with Crippen molar-refractivity contribution in [3.8, 4) is 5.75 Å². The summed E-state index contributed by atoms with van der Waals surface area (Å²) in [7, 11) is 0. The van der Waals surface area contributed by atoms with Crippen LogP contribution in [0.25, 0.3) is 0 Å². The molecule has 0 radical (unpaired) electrons. The SMILES string of the molecule is Cc1cc(C)cc(C(N)c2ccccc2OC(C)C)c1. The summed E-state index contributed by atoms with van der Waals surface area (Å²) in [5.74, 6) is 0.870. The van der Waals surface area contributed by atoms with Crippen molar-refractivity contribution in [3.63, 3.8) is 0 Å². The lowest BCUT2D eigenvalue weighted by atomic mass is 9.96. The number of aryl methyl sites for hydroxylation is 2. The Kier molecular flexibility index (Phi) is 4.46. The molecule has 2 aromatic carbocycles. The van der Waals surface area contributed by atoms with Crippen LogP contribution in [0.15, 0.2) is 42.5 Å². The zero-order chi connectivity index (χ0) is 14.7. The maximum atomic E-state index is 6.45. The molecule has 0 heterocycles. The van der Waals surface area contributed by atoms with Crippen LogP contribution in [-0.2, 0) is 0 Å². The molecule has 2 aromatic rings. The second-order valence-corrected chi connectivity index (χ2v) is 5.60. The van der Waals surface area contributed by atoms with Crippen LogP contribution < -0.4 is 10.5 Å². The Morgan fingerprint density at radius 1 is 0.950 bits per heavy atom. The molecule has 1 atom stereocenters. The quantitative estimate of drug-likeness (QED) is 0.905. The Hall–Kier alpha value is -1.80. The van der Waals surface area contributed by atoms with Crippen molar-refractivity contribution in [1.29, 1.82) is 0 Å². The molecule has 2 nitrogen and oxygen atoms in total. The van der Waals surface area contributed by atoms with Gasteiger partial charge >= 0.3 is 0 Å². The van der Waals surface area contributed by atoms with Gasteiger partial charge in [0.2, 0.25) is 0 Å². The number of hydrogen-bond donors (Lipinski definition) is 1. The number of ether oxygens (including phenoxy) is 1. The second kappa shape index (κ2) is 6.10. The van der Waals surface area contributed by atoms with Gasteiger partial charge in [0, 0.05) is 5.56 Å². The first kappa shape index (κ1) is 14.6. The van der Waals surface area contributed by atoms with Crippen LogP contribution in [-0.4, -0.2) is 6.10 Å². The zero-order valence-corrected chi connectivity index (χ0v) is 12.7. The van der Waals surface area contributed by atoms with E-state index in [-0.39, 0.29) is 12.1 Å². The number of nitrogens with two attached hydrogens (primary N) is 1. The molecule has 0 bridgehead atoms. The van der Waals surface area contributed by atoms with Crippen LogP contribution >= 0.6 is 0 Å². The van der Waals surface area contributed by atoms with Crippen LogP contribution in [0.5, 0.6) is 5.75 Å². The van der Waals surface area contributed by atoms with Gasteiger partial charge in [0.15, 0.2) is 0 Å². The fourth-order valence-corrected chi connectivity index (χ4v) is 2.47. The third-order valence-corrected chi connectivity index (χ3v) is 3.22. The van der Waals surface area contributed by atoms with E-state index in [1.165, 1.54) is 11.1 Å². The third kappa shape index (κ3) is 3.40. The number of benzene rings is 2. The minimum atomic E-state index is -0.163. The van der Waals surface area contributed by atoms with Gasteiger partial charge in [-0.3, -0.25) is 0 Å². The smallest absolute Gasteiger partial charge is 0.124 e. The van der Waals surface area contributed by atoms with Crippen LogP contribution in [0.2, 0.25) is 0 Å². The average Bonchev–Trinajstić information content (AvgIpc) is 2.36. The van der Waals surface area contributed by atoms with E-state index in [4.69, 9.17) is 10.5 Å². The lowest BCUT2D eigenvalue weighted by Crippen LogP contribution is -2.15. The van der Waals surface area contributed by atoms with Crippen molar-refractivity contribution in [2.75, 3.05) is 0 Å². The Morgan fingerprint density at radius 3 is 2.15 bits per heavy atom. The Labute approximate surface area is 121 Å². The molecular formula is C18H23NO. The fourth-order valence-electron chi connectivity index (χ4n) is 2.47. The highest BCUT2D eigenvalue weighted by atomic mass is 16.5. The monoisotopic (exact) mass is 269 g/mol. The first-order valence-corrected chi connectivity index (χ1v) is 7.06. The summed E-state index contributed by atoms with van der Waals surface area (Å²) in [6, 6.07) is 14.3. The lowest BCUT2D eigenvalue weighted by molar-refractivity contribution is 0.239. The molecule has 0 saturated heterocycles. The highest BCUT2D eigenvalue weighted by Crippen LogP contribution is 2.29. The summed E-state index contributed by atoms with van der Waals surface area (Å²) in [4.78, 5) is 0. The summed E-state index contributed by atoms with van der Waals surface area (Å²) in [6.45, 7) is 8.25. The van der Waals surface area contributed by atoms with Crippen LogP contribution in [0, 0.1) is 13.8 Å². The molecule has 0 aromatic heterocycles. The minimum absolute atomic E-state index is 0.141. The van der Waals surface area contributed by atoms with Gasteiger partial charge in [-0.25, -0.2) is 0 Å². The summed E-state index contributed by atoms with van der Waals surface area (Å²) < 4.78 is 5.87. The summed E-state index contributed by atoms with van der Waals surface area (Å²) in [5, 5.41) is 0. The molecule has 106 valence electrons. The molecule has 0 fully saturated rings. The Balaban J connectivity index is 2.39. The van der Waals surface area contributed by atoms with E-state index in [2.05, 4.69) is 32.0 Å². The van der Waals surface area contributed by atoms with E-state index in [0.717, 1.165) is 16.9 Å². The molecule has 1 unspecified atom stereocenters. The predicted octanol–water partition coefficient (Wildman–Crippen LogP) is 4.14. The molecule has 2 N–H and O–H groups in total. The third-order valence-electron chi connectivity index (χ3n) is 3.22. The van der Waals surface area contributed by atoms with E-state index >= 15 is 0 Å². The van der Waals surface area contributed by atoms with Crippen molar-refractivity contribution in [2.45, 2.75) is 39.8 Å². The van der Waals surface area contributed by atoms with Gasteiger partial charge in [-0.15, -0.1) is 0 Å². The average molecular weight is 269 g/mol. The first-order chi connectivity index (χ1) is 9.47. The molecule has 0 aliphatic heterocycles. The molecule has 0 aliphatic rings. The Bertz CT molecular complexity index is 569. The van der Waals surface area contributed by atoms with E-state index in [1.807, 2.05) is 38.1 Å². The number of hydrogen-bond acceptors (Lipinski definition) is 2. The predicted molar refractivity (Wildman–Crippen MR) is 84.2 cm³/mol. The van der Waals surface area contributed by atoms with Gasteiger partial charge in [0.1, 0.15) is 5.75 Å². The van der Waals surface area contributed by atoms with E-state index in [1.54, 1.807) is 0 Å². The largest absolute Gasteiger partial charge is 0.491 e. The van der Waals surface area contributed by atoms with Crippen molar-refractivity contribution in [3.05, 3.63) is 64.7 Å². The van der Waals surface area contributed by atoms with Crippen LogP contribution in [0.3, 0.4) is 0 Å². The first-order valence-electron chi connectivity index (χ1n) is 7.06. The normalized spacial score (nSPS) is 12.5. The molecule has 0 aliphatic carbocycles. The summed E-state index contributed by atoms with van der Waals surface area (Å²) in [6.07, 6.45) is 0.141. The molecule has 2 heteroatoms. The van der Waals surface area contributed by atoms with Crippen LogP contribution in [0.4, 0.5) is 0 Å². The molecule has 20 heavy (non-hydrogen) atoms. The maximum Gasteiger partial charge on any atom is 0.124 e. The van der Waals surface area contributed by atoms with Gasteiger partial charge < -0.3 is 10.5 Å².